The minimum atomic E-state index is -0.0815. The number of piperidine rings is 1. The van der Waals surface area contributed by atoms with Crippen LogP contribution in [0.15, 0.2) is 84.9 Å². The van der Waals surface area contributed by atoms with Crippen LogP contribution in [0, 0.1) is 0 Å². The van der Waals surface area contributed by atoms with Crippen molar-refractivity contribution in [1.82, 2.24) is 15.5 Å². The number of rotatable bonds is 6. The maximum atomic E-state index is 12.7. The highest BCUT2D eigenvalue weighted by atomic mass is 16.1. The minimum absolute atomic E-state index is 0.0511. The maximum absolute atomic E-state index is 12.7. The molecule has 5 rings (SSSR count). The Morgan fingerprint density at radius 1 is 0.882 bits per heavy atom. The highest BCUT2D eigenvalue weighted by molar-refractivity contribution is 5.94. The number of hydrogen-bond donors (Lipinski definition) is 2. The molecule has 1 aliphatic rings. The van der Waals surface area contributed by atoms with Crippen LogP contribution in [0.3, 0.4) is 0 Å². The summed E-state index contributed by atoms with van der Waals surface area (Å²) >= 11 is 0. The summed E-state index contributed by atoms with van der Waals surface area (Å²) in [5.41, 5.74) is 6.94. The van der Waals surface area contributed by atoms with E-state index in [9.17, 15) is 4.79 Å². The molecule has 4 aromatic rings. The zero-order valence-electron chi connectivity index (χ0n) is 19.5. The number of carbonyl (C=O) groups is 1. The Bertz CT molecular complexity index is 1220. The van der Waals surface area contributed by atoms with Gasteiger partial charge < -0.3 is 10.2 Å². The fraction of sp³-hybridized carbons (Fsp3) is 0.241. The fourth-order valence-corrected chi connectivity index (χ4v) is 4.52. The molecular formula is C29H30N4O. The van der Waals surface area contributed by atoms with Gasteiger partial charge in [-0.05, 0) is 67.6 Å². The summed E-state index contributed by atoms with van der Waals surface area (Å²) in [7, 11) is 0. The molecule has 5 heteroatoms. The third kappa shape index (κ3) is 4.88. The molecule has 0 unspecified atom stereocenters. The van der Waals surface area contributed by atoms with Crippen molar-refractivity contribution in [2.24, 2.45) is 0 Å². The van der Waals surface area contributed by atoms with E-state index in [2.05, 4.69) is 50.7 Å². The number of amides is 1. The predicted molar refractivity (Wildman–Crippen MR) is 138 cm³/mol. The van der Waals surface area contributed by atoms with Crippen LogP contribution in [0.4, 0.5) is 5.69 Å². The smallest absolute Gasteiger partial charge is 0.251 e. The molecule has 2 N–H and O–H groups in total. The van der Waals surface area contributed by atoms with E-state index in [0.29, 0.717) is 5.56 Å². The van der Waals surface area contributed by atoms with Crippen LogP contribution in [-0.4, -0.2) is 29.2 Å². The monoisotopic (exact) mass is 450 g/mol. The summed E-state index contributed by atoms with van der Waals surface area (Å²) in [4.78, 5) is 15.1. The van der Waals surface area contributed by atoms with Gasteiger partial charge in [-0.25, -0.2) is 0 Å². The molecule has 172 valence electrons. The van der Waals surface area contributed by atoms with Gasteiger partial charge >= 0.3 is 0 Å². The first-order chi connectivity index (χ1) is 16.7. The third-order valence-corrected chi connectivity index (χ3v) is 6.57. The second-order valence-electron chi connectivity index (χ2n) is 8.94. The number of nitrogens with one attached hydrogen (secondary N) is 2. The molecule has 1 aromatic heterocycles. The van der Waals surface area contributed by atoms with Crippen molar-refractivity contribution in [1.29, 1.82) is 0 Å². The van der Waals surface area contributed by atoms with E-state index >= 15 is 0 Å². The predicted octanol–water partition coefficient (Wildman–Crippen LogP) is 6.23. The number of nitrogens with zero attached hydrogens (tertiary/aromatic N) is 2. The Morgan fingerprint density at radius 3 is 2.26 bits per heavy atom. The maximum Gasteiger partial charge on any atom is 0.251 e. The van der Waals surface area contributed by atoms with Gasteiger partial charge in [0.05, 0.1) is 17.4 Å². The molecule has 1 saturated heterocycles. The molecule has 5 nitrogen and oxygen atoms in total. The van der Waals surface area contributed by atoms with Crippen LogP contribution < -0.4 is 10.2 Å². The Morgan fingerprint density at radius 2 is 1.56 bits per heavy atom. The van der Waals surface area contributed by atoms with Crippen molar-refractivity contribution in [3.63, 3.8) is 0 Å². The summed E-state index contributed by atoms with van der Waals surface area (Å²) in [6.07, 6.45) is 3.89. The Hall–Kier alpha value is -3.86. The van der Waals surface area contributed by atoms with Crippen LogP contribution in [0.5, 0.6) is 0 Å². The van der Waals surface area contributed by atoms with Crippen LogP contribution in [-0.2, 0) is 0 Å². The number of benzene rings is 3. The largest absolute Gasteiger partial charge is 0.372 e. The standard InChI is InChI=1S/C29H30N4O/c1-21(22-8-4-2-5-9-22)30-29(34)25-12-10-23(11-13-25)27-20-28(32-31-27)24-14-16-26(17-15-24)33-18-6-3-7-19-33/h2,4-5,8-17,20-21H,3,6-7,18-19H2,1H3,(H,30,34)(H,31,32)/t21-/m0/s1. The van der Waals surface area contributed by atoms with Crippen molar-refractivity contribution in [2.75, 3.05) is 18.0 Å². The van der Waals surface area contributed by atoms with E-state index in [-0.39, 0.29) is 11.9 Å². The molecule has 2 heterocycles. The van der Waals surface area contributed by atoms with Crippen LogP contribution >= 0.6 is 0 Å². The van der Waals surface area contributed by atoms with E-state index in [4.69, 9.17) is 0 Å². The molecule has 0 radical (unpaired) electrons. The molecule has 34 heavy (non-hydrogen) atoms. The molecule has 1 atom stereocenters. The normalized spacial score (nSPS) is 14.6. The molecule has 0 spiro atoms. The molecular weight excluding hydrogens is 420 g/mol. The van der Waals surface area contributed by atoms with Gasteiger partial charge in [-0.15, -0.1) is 0 Å². The van der Waals surface area contributed by atoms with Crippen molar-refractivity contribution >= 4 is 11.6 Å². The first-order valence-electron chi connectivity index (χ1n) is 12.0. The Kier molecular flexibility index (Phi) is 6.43. The van der Waals surface area contributed by atoms with Crippen molar-refractivity contribution in [3.05, 3.63) is 96.1 Å². The van der Waals surface area contributed by atoms with Crippen LogP contribution in [0.2, 0.25) is 0 Å². The van der Waals surface area contributed by atoms with Gasteiger partial charge in [0.15, 0.2) is 0 Å². The number of carbonyl (C=O) groups excluding carboxylic acids is 1. The zero-order valence-corrected chi connectivity index (χ0v) is 19.5. The minimum Gasteiger partial charge on any atom is -0.372 e. The molecule has 1 fully saturated rings. The molecule has 0 aliphatic carbocycles. The van der Waals surface area contributed by atoms with Gasteiger partial charge in [0.2, 0.25) is 0 Å². The third-order valence-electron chi connectivity index (χ3n) is 6.57. The molecule has 1 aliphatic heterocycles. The first kappa shape index (κ1) is 22.0. The first-order valence-corrected chi connectivity index (χ1v) is 12.0. The zero-order chi connectivity index (χ0) is 23.3. The summed E-state index contributed by atoms with van der Waals surface area (Å²) in [6.45, 7) is 4.28. The second-order valence-corrected chi connectivity index (χ2v) is 8.94. The van der Waals surface area contributed by atoms with Gasteiger partial charge in [0.25, 0.3) is 5.91 Å². The highest BCUT2D eigenvalue weighted by Crippen LogP contribution is 2.27. The lowest BCUT2D eigenvalue weighted by Gasteiger charge is -2.28. The van der Waals surface area contributed by atoms with Crippen molar-refractivity contribution in [2.45, 2.75) is 32.2 Å². The molecule has 0 bridgehead atoms. The van der Waals surface area contributed by atoms with E-state index in [1.807, 2.05) is 61.5 Å². The van der Waals surface area contributed by atoms with E-state index in [0.717, 1.165) is 41.2 Å². The number of anilines is 1. The lowest BCUT2D eigenvalue weighted by Crippen LogP contribution is -2.29. The quantitative estimate of drug-likeness (QED) is 0.366. The van der Waals surface area contributed by atoms with E-state index < -0.39 is 0 Å². The SMILES string of the molecule is C[C@H](NC(=O)c1ccc(-c2cc(-c3ccc(N4CCCCC4)cc3)n[nH]2)cc1)c1ccccc1. The average molecular weight is 451 g/mol. The van der Waals surface area contributed by atoms with Crippen molar-refractivity contribution in [3.8, 4) is 22.5 Å². The summed E-state index contributed by atoms with van der Waals surface area (Å²) in [5, 5.41) is 10.7. The average Bonchev–Trinajstić information content (AvgIpc) is 3.40. The molecule has 0 saturated carbocycles. The number of hydrogen-bond acceptors (Lipinski definition) is 3. The fourth-order valence-electron chi connectivity index (χ4n) is 4.52. The van der Waals surface area contributed by atoms with Gasteiger partial charge in [-0.3, -0.25) is 9.89 Å². The summed E-state index contributed by atoms with van der Waals surface area (Å²) in [6, 6.07) is 28.3. The second kappa shape index (κ2) is 9.96. The summed E-state index contributed by atoms with van der Waals surface area (Å²) in [5.74, 6) is -0.0815. The molecule has 1 amide bonds. The van der Waals surface area contributed by atoms with Gasteiger partial charge in [0.1, 0.15) is 0 Å². The van der Waals surface area contributed by atoms with Crippen molar-refractivity contribution < 1.29 is 4.79 Å². The van der Waals surface area contributed by atoms with Gasteiger partial charge in [0, 0.05) is 29.9 Å². The number of H-pyrrole nitrogens is 1. The Labute approximate surface area is 200 Å². The van der Waals surface area contributed by atoms with E-state index in [1.165, 1.54) is 24.9 Å². The van der Waals surface area contributed by atoms with E-state index in [1.54, 1.807) is 0 Å². The topological polar surface area (TPSA) is 61.0 Å². The summed E-state index contributed by atoms with van der Waals surface area (Å²) < 4.78 is 0. The van der Waals surface area contributed by atoms with Gasteiger partial charge in [-0.2, -0.15) is 5.10 Å². The van der Waals surface area contributed by atoms with Gasteiger partial charge in [-0.1, -0.05) is 54.6 Å². The lowest BCUT2D eigenvalue weighted by atomic mass is 10.1. The lowest BCUT2D eigenvalue weighted by molar-refractivity contribution is 0.0940. The highest BCUT2D eigenvalue weighted by Gasteiger charge is 2.13. The Balaban J connectivity index is 1.25. The van der Waals surface area contributed by atoms with Crippen LogP contribution in [0.25, 0.3) is 22.5 Å². The number of aromatic amines is 1. The number of aromatic nitrogens is 2. The van der Waals surface area contributed by atoms with Crippen LogP contribution in [0.1, 0.15) is 48.1 Å². The molecule has 3 aromatic carbocycles.